The lowest BCUT2D eigenvalue weighted by Gasteiger charge is -2.19. The molecule has 2 rings (SSSR count). The Hall–Kier alpha value is -1.03. The van der Waals surface area contributed by atoms with Crippen LogP contribution in [0, 0.1) is 0 Å². The maximum absolute atomic E-state index is 5.38. The molecule has 1 fully saturated rings. The fraction of sp³-hybridized carbons (Fsp3) is 0.625. The molecule has 4 heteroatoms. The molecule has 0 aromatic carbocycles. The Bertz CT molecular complexity index is 253. The third-order valence-corrected chi connectivity index (χ3v) is 2.18. The zero-order valence-electron chi connectivity index (χ0n) is 6.82. The third-order valence-electron chi connectivity index (χ3n) is 2.18. The standard InChI is InChI=1S/C8H12N2O2/c9-8-10-7(5-12-8)6-1-3-11-4-2-6/h5-6H,1-4H2,(H2,9,10). The highest BCUT2D eigenvalue weighted by molar-refractivity contribution is 5.15. The first-order valence-corrected chi connectivity index (χ1v) is 4.15. The molecular formula is C8H12N2O2. The first-order valence-electron chi connectivity index (χ1n) is 4.15. The molecule has 2 N–H and O–H groups in total. The smallest absolute Gasteiger partial charge is 0.292 e. The Morgan fingerprint density at radius 3 is 2.75 bits per heavy atom. The van der Waals surface area contributed by atoms with Gasteiger partial charge in [0.1, 0.15) is 6.26 Å². The summed E-state index contributed by atoms with van der Waals surface area (Å²) in [6.07, 6.45) is 3.68. The van der Waals surface area contributed by atoms with Crippen LogP contribution in [-0.4, -0.2) is 18.2 Å². The number of nitrogens with two attached hydrogens (primary N) is 1. The van der Waals surface area contributed by atoms with Gasteiger partial charge in [-0.25, -0.2) is 0 Å². The van der Waals surface area contributed by atoms with Gasteiger partial charge in [-0.15, -0.1) is 0 Å². The number of hydrogen-bond acceptors (Lipinski definition) is 4. The molecule has 4 nitrogen and oxygen atoms in total. The van der Waals surface area contributed by atoms with Crippen LogP contribution in [0.15, 0.2) is 10.7 Å². The van der Waals surface area contributed by atoms with Gasteiger partial charge in [0.15, 0.2) is 0 Å². The summed E-state index contributed by atoms with van der Waals surface area (Å²) in [6.45, 7) is 1.63. The summed E-state index contributed by atoms with van der Waals surface area (Å²) < 4.78 is 10.2. The molecule has 0 unspecified atom stereocenters. The lowest BCUT2D eigenvalue weighted by atomic mass is 9.97. The van der Waals surface area contributed by atoms with Crippen molar-refractivity contribution in [3.63, 3.8) is 0 Å². The van der Waals surface area contributed by atoms with E-state index in [0.717, 1.165) is 31.7 Å². The lowest BCUT2D eigenvalue weighted by molar-refractivity contribution is 0.0845. The quantitative estimate of drug-likeness (QED) is 0.683. The monoisotopic (exact) mass is 168 g/mol. The van der Waals surface area contributed by atoms with Crippen LogP contribution in [0.4, 0.5) is 6.01 Å². The number of ether oxygens (including phenoxy) is 1. The number of rotatable bonds is 1. The van der Waals surface area contributed by atoms with Crippen molar-refractivity contribution in [2.24, 2.45) is 0 Å². The molecule has 0 aliphatic carbocycles. The minimum Gasteiger partial charge on any atom is -0.432 e. The van der Waals surface area contributed by atoms with E-state index in [1.54, 1.807) is 6.26 Å². The second-order valence-corrected chi connectivity index (χ2v) is 3.00. The lowest BCUT2D eigenvalue weighted by Crippen LogP contribution is -2.14. The summed E-state index contributed by atoms with van der Waals surface area (Å²) in [4.78, 5) is 4.09. The van der Waals surface area contributed by atoms with Gasteiger partial charge in [0, 0.05) is 19.1 Å². The van der Waals surface area contributed by atoms with Crippen LogP contribution >= 0.6 is 0 Å². The number of anilines is 1. The number of nitrogen functional groups attached to an aromatic ring is 1. The molecule has 1 aliphatic rings. The van der Waals surface area contributed by atoms with E-state index in [1.165, 1.54) is 0 Å². The van der Waals surface area contributed by atoms with E-state index in [4.69, 9.17) is 14.9 Å². The van der Waals surface area contributed by atoms with Crippen LogP contribution in [0.1, 0.15) is 24.5 Å². The van der Waals surface area contributed by atoms with Gasteiger partial charge in [0.05, 0.1) is 5.69 Å². The van der Waals surface area contributed by atoms with Gasteiger partial charge in [-0.2, -0.15) is 4.98 Å². The van der Waals surface area contributed by atoms with Crippen molar-refractivity contribution in [3.05, 3.63) is 12.0 Å². The summed E-state index contributed by atoms with van der Waals surface area (Å²) in [5.41, 5.74) is 6.34. The van der Waals surface area contributed by atoms with E-state index in [2.05, 4.69) is 4.98 Å². The van der Waals surface area contributed by atoms with E-state index in [1.807, 2.05) is 0 Å². The summed E-state index contributed by atoms with van der Waals surface area (Å²) in [6, 6.07) is 0.261. The fourth-order valence-corrected chi connectivity index (χ4v) is 1.48. The van der Waals surface area contributed by atoms with Crippen LogP contribution in [-0.2, 0) is 4.74 Å². The Morgan fingerprint density at radius 1 is 1.42 bits per heavy atom. The summed E-state index contributed by atoms with van der Waals surface area (Å²) in [7, 11) is 0. The molecule has 0 bridgehead atoms. The largest absolute Gasteiger partial charge is 0.432 e. The fourth-order valence-electron chi connectivity index (χ4n) is 1.48. The van der Waals surface area contributed by atoms with Crippen molar-refractivity contribution < 1.29 is 9.15 Å². The van der Waals surface area contributed by atoms with Crippen LogP contribution in [0.3, 0.4) is 0 Å². The van der Waals surface area contributed by atoms with Crippen LogP contribution in [0.25, 0.3) is 0 Å². The molecule has 66 valence electrons. The van der Waals surface area contributed by atoms with Crippen molar-refractivity contribution in [3.8, 4) is 0 Å². The predicted molar refractivity (Wildman–Crippen MR) is 43.7 cm³/mol. The van der Waals surface area contributed by atoms with E-state index in [0.29, 0.717) is 5.92 Å². The molecule has 2 heterocycles. The highest BCUT2D eigenvalue weighted by Crippen LogP contribution is 2.26. The maximum atomic E-state index is 5.38. The molecule has 1 aromatic rings. The average molecular weight is 168 g/mol. The summed E-state index contributed by atoms with van der Waals surface area (Å²) in [5.74, 6) is 0.472. The molecule has 0 spiro atoms. The van der Waals surface area contributed by atoms with Crippen molar-refractivity contribution in [2.45, 2.75) is 18.8 Å². The molecule has 1 saturated heterocycles. The van der Waals surface area contributed by atoms with Gasteiger partial charge in [-0.1, -0.05) is 0 Å². The summed E-state index contributed by atoms with van der Waals surface area (Å²) in [5, 5.41) is 0. The van der Waals surface area contributed by atoms with Crippen molar-refractivity contribution in [1.82, 2.24) is 4.98 Å². The average Bonchev–Trinajstić information content (AvgIpc) is 2.54. The SMILES string of the molecule is Nc1nc(C2CCOCC2)co1. The Balaban J connectivity index is 2.08. The van der Waals surface area contributed by atoms with Crippen LogP contribution in [0.2, 0.25) is 0 Å². The Kier molecular flexibility index (Phi) is 1.99. The number of aromatic nitrogens is 1. The summed E-state index contributed by atoms with van der Waals surface area (Å²) >= 11 is 0. The van der Waals surface area contributed by atoms with E-state index >= 15 is 0 Å². The third kappa shape index (κ3) is 1.43. The van der Waals surface area contributed by atoms with E-state index in [-0.39, 0.29) is 6.01 Å². The zero-order valence-corrected chi connectivity index (χ0v) is 6.82. The molecule has 0 atom stereocenters. The van der Waals surface area contributed by atoms with Gasteiger partial charge >= 0.3 is 0 Å². The minimum absolute atomic E-state index is 0.261. The maximum Gasteiger partial charge on any atom is 0.292 e. The van der Waals surface area contributed by atoms with E-state index < -0.39 is 0 Å². The van der Waals surface area contributed by atoms with Crippen molar-refractivity contribution >= 4 is 6.01 Å². The Morgan fingerprint density at radius 2 is 2.17 bits per heavy atom. The van der Waals surface area contributed by atoms with Gasteiger partial charge in [0.25, 0.3) is 6.01 Å². The second kappa shape index (κ2) is 3.15. The van der Waals surface area contributed by atoms with Crippen molar-refractivity contribution in [1.29, 1.82) is 0 Å². The molecule has 0 radical (unpaired) electrons. The van der Waals surface area contributed by atoms with Crippen LogP contribution < -0.4 is 5.73 Å². The van der Waals surface area contributed by atoms with Gasteiger partial charge < -0.3 is 14.9 Å². The predicted octanol–water partition coefficient (Wildman–Crippen LogP) is 1.15. The van der Waals surface area contributed by atoms with E-state index in [9.17, 15) is 0 Å². The zero-order chi connectivity index (χ0) is 8.39. The minimum atomic E-state index is 0.261. The van der Waals surface area contributed by atoms with Gasteiger partial charge in [-0.3, -0.25) is 0 Å². The number of hydrogen-bond donors (Lipinski definition) is 1. The van der Waals surface area contributed by atoms with Gasteiger partial charge in [-0.05, 0) is 12.8 Å². The highest BCUT2D eigenvalue weighted by Gasteiger charge is 2.18. The number of nitrogens with zero attached hydrogens (tertiary/aromatic N) is 1. The molecule has 1 aromatic heterocycles. The molecular weight excluding hydrogens is 156 g/mol. The topological polar surface area (TPSA) is 61.3 Å². The van der Waals surface area contributed by atoms with Crippen molar-refractivity contribution in [2.75, 3.05) is 18.9 Å². The highest BCUT2D eigenvalue weighted by atomic mass is 16.5. The molecule has 1 aliphatic heterocycles. The normalized spacial score (nSPS) is 19.7. The molecule has 0 saturated carbocycles. The first-order chi connectivity index (χ1) is 5.86. The van der Waals surface area contributed by atoms with Crippen LogP contribution in [0.5, 0.6) is 0 Å². The second-order valence-electron chi connectivity index (χ2n) is 3.00. The molecule has 0 amide bonds. The van der Waals surface area contributed by atoms with Gasteiger partial charge in [0.2, 0.25) is 0 Å². The number of oxazole rings is 1. The Labute approximate surface area is 70.7 Å². The molecule has 12 heavy (non-hydrogen) atoms. The first kappa shape index (κ1) is 7.61.